The lowest BCUT2D eigenvalue weighted by molar-refractivity contribution is -0.182. The van der Waals surface area contributed by atoms with Gasteiger partial charge in [-0.25, -0.2) is 9.67 Å². The minimum absolute atomic E-state index is 0.0472. The standard InChI is InChI=1S/C29H27ClF3N9/c1-27(2,3)15-37-24-17(11-34)12-36-25-20(24)9-18(10-21(25)30)38-26(19-5-4-8-41-16-35-13-23(19)41)22-14-42(40-39-22)28(6-7-28)29(31,32)33/h4-5,8-10,12-14,16,26,38H,6-7,15H2,1-3H3,(H,36,37)/t26-/m0/s1. The molecule has 216 valence electrons. The van der Waals surface area contributed by atoms with E-state index in [0.717, 1.165) is 15.8 Å². The van der Waals surface area contributed by atoms with E-state index in [1.165, 1.54) is 12.4 Å². The van der Waals surface area contributed by atoms with Gasteiger partial charge in [-0.2, -0.15) is 18.4 Å². The molecule has 0 spiro atoms. The van der Waals surface area contributed by atoms with Gasteiger partial charge in [0, 0.05) is 35.6 Å². The number of benzene rings is 1. The van der Waals surface area contributed by atoms with E-state index in [1.54, 1.807) is 18.6 Å². The van der Waals surface area contributed by atoms with Crippen LogP contribution in [0.2, 0.25) is 5.02 Å². The summed E-state index contributed by atoms with van der Waals surface area (Å²) in [7, 11) is 0. The van der Waals surface area contributed by atoms with Crippen molar-refractivity contribution in [2.24, 2.45) is 5.41 Å². The second-order valence-electron chi connectivity index (χ2n) is 11.8. The summed E-state index contributed by atoms with van der Waals surface area (Å²) in [5.41, 5.74) is 1.70. The van der Waals surface area contributed by atoms with Gasteiger partial charge in [0.15, 0.2) is 5.54 Å². The summed E-state index contributed by atoms with van der Waals surface area (Å²) < 4.78 is 44.4. The van der Waals surface area contributed by atoms with Gasteiger partial charge in [-0.1, -0.05) is 43.7 Å². The Balaban J connectivity index is 1.47. The van der Waals surface area contributed by atoms with Crippen molar-refractivity contribution in [3.63, 3.8) is 0 Å². The molecule has 0 amide bonds. The number of imidazole rings is 1. The molecule has 0 radical (unpaired) electrons. The van der Waals surface area contributed by atoms with E-state index >= 15 is 0 Å². The van der Waals surface area contributed by atoms with E-state index in [-0.39, 0.29) is 18.3 Å². The van der Waals surface area contributed by atoms with Gasteiger partial charge in [0.1, 0.15) is 11.8 Å². The number of nitriles is 1. The van der Waals surface area contributed by atoms with E-state index < -0.39 is 17.8 Å². The highest BCUT2D eigenvalue weighted by Gasteiger charge is 2.66. The number of aromatic nitrogens is 6. The summed E-state index contributed by atoms with van der Waals surface area (Å²) in [5.74, 6) is 0. The van der Waals surface area contributed by atoms with Crippen molar-refractivity contribution in [1.82, 2.24) is 29.4 Å². The number of fused-ring (bicyclic) bond motifs is 2. The van der Waals surface area contributed by atoms with Crippen LogP contribution in [0.5, 0.6) is 0 Å². The Labute approximate surface area is 244 Å². The highest BCUT2D eigenvalue weighted by Crippen LogP contribution is 2.55. The summed E-state index contributed by atoms with van der Waals surface area (Å²) in [6.45, 7) is 6.82. The molecule has 13 heteroatoms. The van der Waals surface area contributed by atoms with Gasteiger partial charge < -0.3 is 15.0 Å². The fourth-order valence-corrected chi connectivity index (χ4v) is 5.31. The molecule has 6 rings (SSSR count). The van der Waals surface area contributed by atoms with E-state index in [2.05, 4.69) is 57.8 Å². The summed E-state index contributed by atoms with van der Waals surface area (Å²) >= 11 is 6.71. The number of rotatable bonds is 7. The number of hydrogen-bond donors (Lipinski definition) is 2. The molecule has 0 bridgehead atoms. The van der Waals surface area contributed by atoms with Crippen LogP contribution in [0.3, 0.4) is 0 Å². The number of nitrogens with one attached hydrogen (secondary N) is 2. The fraction of sp³-hybridized carbons (Fsp3) is 0.345. The van der Waals surface area contributed by atoms with Gasteiger partial charge in [-0.3, -0.25) is 4.98 Å². The second-order valence-corrected chi connectivity index (χ2v) is 12.2. The molecule has 2 N–H and O–H groups in total. The first-order valence-corrected chi connectivity index (χ1v) is 13.7. The molecule has 4 heterocycles. The first-order valence-electron chi connectivity index (χ1n) is 13.3. The Morgan fingerprint density at radius 1 is 1.19 bits per heavy atom. The van der Waals surface area contributed by atoms with Crippen molar-refractivity contribution in [2.75, 3.05) is 17.2 Å². The summed E-state index contributed by atoms with van der Waals surface area (Å²) in [4.78, 5) is 8.66. The molecule has 42 heavy (non-hydrogen) atoms. The van der Waals surface area contributed by atoms with Gasteiger partial charge in [0.2, 0.25) is 0 Å². The molecule has 0 saturated heterocycles. The third-order valence-corrected chi connectivity index (χ3v) is 7.73. The zero-order valence-electron chi connectivity index (χ0n) is 23.0. The van der Waals surface area contributed by atoms with Crippen molar-refractivity contribution in [3.8, 4) is 6.07 Å². The molecular formula is C29H27ClF3N9. The molecular weight excluding hydrogens is 567 g/mol. The largest absolute Gasteiger partial charge is 0.413 e. The van der Waals surface area contributed by atoms with E-state index in [1.807, 2.05) is 28.8 Å². The monoisotopic (exact) mass is 593 g/mol. The highest BCUT2D eigenvalue weighted by molar-refractivity contribution is 6.35. The molecule has 9 nitrogen and oxygen atoms in total. The minimum Gasteiger partial charge on any atom is -0.383 e. The Morgan fingerprint density at radius 2 is 1.98 bits per heavy atom. The predicted octanol–water partition coefficient (Wildman–Crippen LogP) is 6.71. The summed E-state index contributed by atoms with van der Waals surface area (Å²) in [6, 6.07) is 8.69. The molecule has 4 aromatic heterocycles. The quantitative estimate of drug-likeness (QED) is 0.216. The van der Waals surface area contributed by atoms with Crippen LogP contribution in [0.25, 0.3) is 16.4 Å². The zero-order valence-corrected chi connectivity index (χ0v) is 23.8. The molecule has 1 saturated carbocycles. The minimum atomic E-state index is -4.44. The van der Waals surface area contributed by atoms with Crippen LogP contribution in [-0.2, 0) is 5.54 Å². The summed E-state index contributed by atoms with van der Waals surface area (Å²) in [5, 5.41) is 25.7. The maximum Gasteiger partial charge on any atom is 0.413 e. The molecule has 1 atom stereocenters. The SMILES string of the molecule is CC(C)(C)CNc1c(C#N)cnc2c(Cl)cc(N[C@H](c3cn(C4(C(F)(F)F)CC4)nn3)c3cccn4cncc34)cc12. The fourth-order valence-electron chi connectivity index (χ4n) is 5.04. The predicted molar refractivity (Wildman–Crippen MR) is 153 cm³/mol. The number of pyridine rings is 2. The normalized spacial score (nSPS) is 15.5. The zero-order chi connectivity index (χ0) is 29.9. The number of hydrogen-bond acceptors (Lipinski definition) is 7. The van der Waals surface area contributed by atoms with Crippen molar-refractivity contribution >= 4 is 39.4 Å². The van der Waals surface area contributed by atoms with Crippen molar-refractivity contribution in [2.45, 2.75) is 51.4 Å². The van der Waals surface area contributed by atoms with Crippen LogP contribution in [-0.4, -0.2) is 42.1 Å². The van der Waals surface area contributed by atoms with Gasteiger partial charge >= 0.3 is 6.18 Å². The Kier molecular flexibility index (Phi) is 6.53. The third kappa shape index (κ3) is 4.87. The van der Waals surface area contributed by atoms with Gasteiger partial charge in [0.25, 0.3) is 0 Å². The molecule has 0 aliphatic heterocycles. The Hall–Kier alpha value is -4.37. The molecule has 5 aromatic rings. The number of nitrogens with zero attached hydrogens (tertiary/aromatic N) is 7. The maximum absolute atomic E-state index is 13.9. The maximum atomic E-state index is 13.9. The Morgan fingerprint density at radius 3 is 2.67 bits per heavy atom. The molecule has 1 fully saturated rings. The van der Waals surface area contributed by atoms with Crippen LogP contribution in [0.1, 0.15) is 56.5 Å². The topological polar surface area (TPSA) is 109 Å². The van der Waals surface area contributed by atoms with E-state index in [4.69, 9.17) is 11.6 Å². The average molecular weight is 594 g/mol. The van der Waals surface area contributed by atoms with Gasteiger partial charge in [-0.15, -0.1) is 5.10 Å². The van der Waals surface area contributed by atoms with Crippen LogP contribution >= 0.6 is 11.6 Å². The lowest BCUT2D eigenvalue weighted by Crippen LogP contribution is -2.35. The number of anilines is 2. The van der Waals surface area contributed by atoms with Crippen molar-refractivity contribution in [1.29, 1.82) is 5.26 Å². The second kappa shape index (κ2) is 9.87. The molecule has 1 aliphatic rings. The van der Waals surface area contributed by atoms with Crippen LogP contribution < -0.4 is 10.6 Å². The Bertz CT molecular complexity index is 1840. The van der Waals surface area contributed by atoms with Crippen LogP contribution in [0, 0.1) is 16.7 Å². The smallest absolute Gasteiger partial charge is 0.383 e. The van der Waals surface area contributed by atoms with E-state index in [0.29, 0.717) is 45.1 Å². The molecule has 0 unspecified atom stereocenters. The van der Waals surface area contributed by atoms with E-state index in [9.17, 15) is 18.4 Å². The third-order valence-electron chi connectivity index (χ3n) is 7.44. The van der Waals surface area contributed by atoms with Crippen molar-refractivity contribution < 1.29 is 13.2 Å². The molecule has 1 aromatic carbocycles. The lowest BCUT2D eigenvalue weighted by atomic mass is 9.96. The lowest BCUT2D eigenvalue weighted by Gasteiger charge is -2.23. The number of halogens is 4. The first-order chi connectivity index (χ1) is 19.9. The highest BCUT2D eigenvalue weighted by atomic mass is 35.5. The van der Waals surface area contributed by atoms with Crippen LogP contribution in [0.15, 0.2) is 55.4 Å². The van der Waals surface area contributed by atoms with Gasteiger partial charge in [0.05, 0.1) is 52.1 Å². The summed E-state index contributed by atoms with van der Waals surface area (Å²) in [6.07, 6.45) is 3.46. The number of alkyl halides is 3. The van der Waals surface area contributed by atoms with Crippen molar-refractivity contribution in [3.05, 3.63) is 77.2 Å². The molecule has 1 aliphatic carbocycles. The first kappa shape index (κ1) is 27.8. The van der Waals surface area contributed by atoms with Crippen LogP contribution in [0.4, 0.5) is 24.5 Å². The average Bonchev–Trinajstić information content (AvgIpc) is 3.37. The van der Waals surface area contributed by atoms with Gasteiger partial charge in [-0.05, 0) is 36.5 Å².